The van der Waals surface area contributed by atoms with Crippen LogP contribution < -0.4 is 5.73 Å². The summed E-state index contributed by atoms with van der Waals surface area (Å²) in [6.07, 6.45) is 5.28. The van der Waals surface area contributed by atoms with E-state index in [1.54, 1.807) is 0 Å². The van der Waals surface area contributed by atoms with Gasteiger partial charge >= 0.3 is 0 Å². The van der Waals surface area contributed by atoms with E-state index in [0.717, 1.165) is 51.1 Å². The second-order valence-corrected chi connectivity index (χ2v) is 5.75. The van der Waals surface area contributed by atoms with Crippen LogP contribution in [0.2, 0.25) is 0 Å². The van der Waals surface area contributed by atoms with E-state index in [0.29, 0.717) is 11.7 Å². The summed E-state index contributed by atoms with van der Waals surface area (Å²) in [6.45, 7) is 3.67. The van der Waals surface area contributed by atoms with Gasteiger partial charge in [-0.2, -0.15) is 0 Å². The fraction of sp³-hybridized carbons (Fsp3) is 0.643. The minimum Gasteiger partial charge on any atom is -0.397 e. The van der Waals surface area contributed by atoms with Gasteiger partial charge in [0, 0.05) is 31.9 Å². The van der Waals surface area contributed by atoms with E-state index < -0.39 is 0 Å². The summed E-state index contributed by atoms with van der Waals surface area (Å²) in [7, 11) is 2.11. The van der Waals surface area contributed by atoms with Crippen LogP contribution in [-0.4, -0.2) is 53.5 Å². The lowest BCUT2D eigenvalue weighted by Crippen LogP contribution is -2.35. The summed E-state index contributed by atoms with van der Waals surface area (Å²) in [5.41, 5.74) is 7.33. The number of carbonyl (C=O) groups excluding carboxylic acids is 1. The van der Waals surface area contributed by atoms with Gasteiger partial charge in [-0.3, -0.25) is 4.79 Å². The number of nitrogens with two attached hydrogens (primary N) is 1. The first-order valence-corrected chi connectivity index (χ1v) is 7.10. The van der Waals surface area contributed by atoms with Crippen molar-refractivity contribution in [3.63, 3.8) is 0 Å². The summed E-state index contributed by atoms with van der Waals surface area (Å²) < 4.78 is 2.08. The Morgan fingerprint density at radius 3 is 2.79 bits per heavy atom. The monoisotopic (exact) mass is 262 g/mol. The summed E-state index contributed by atoms with van der Waals surface area (Å²) >= 11 is 0. The van der Waals surface area contributed by atoms with Gasteiger partial charge in [-0.25, -0.2) is 0 Å². The third-order valence-electron chi connectivity index (χ3n) is 4.04. The van der Waals surface area contributed by atoms with Crippen molar-refractivity contribution in [2.24, 2.45) is 0 Å². The van der Waals surface area contributed by atoms with Crippen LogP contribution >= 0.6 is 0 Å². The number of carbonyl (C=O) groups is 1. The number of amides is 1. The lowest BCUT2D eigenvalue weighted by Gasteiger charge is -2.21. The third kappa shape index (κ3) is 2.61. The van der Waals surface area contributed by atoms with E-state index in [9.17, 15) is 4.79 Å². The third-order valence-corrected chi connectivity index (χ3v) is 4.04. The number of hydrogen-bond donors (Lipinski definition) is 1. The Kier molecular flexibility index (Phi) is 3.22. The van der Waals surface area contributed by atoms with Gasteiger partial charge in [-0.05, 0) is 38.9 Å². The van der Waals surface area contributed by atoms with E-state index in [4.69, 9.17) is 5.73 Å². The fourth-order valence-electron chi connectivity index (χ4n) is 2.74. The Labute approximate surface area is 114 Å². The highest BCUT2D eigenvalue weighted by Crippen LogP contribution is 2.37. The highest BCUT2D eigenvalue weighted by Gasteiger charge is 2.29. The zero-order chi connectivity index (χ0) is 13.4. The molecule has 1 saturated heterocycles. The summed E-state index contributed by atoms with van der Waals surface area (Å²) in [5, 5.41) is 0. The van der Waals surface area contributed by atoms with E-state index in [1.165, 1.54) is 0 Å². The molecule has 2 heterocycles. The average Bonchev–Trinajstić information content (AvgIpc) is 3.17. The molecule has 1 aliphatic carbocycles. The lowest BCUT2D eigenvalue weighted by atomic mass is 10.3. The van der Waals surface area contributed by atoms with Crippen LogP contribution in [0.3, 0.4) is 0 Å². The molecule has 0 atom stereocenters. The molecule has 2 N–H and O–H groups in total. The topological polar surface area (TPSA) is 54.5 Å². The van der Waals surface area contributed by atoms with Crippen molar-refractivity contribution in [3.8, 4) is 0 Å². The maximum Gasteiger partial charge on any atom is 0.270 e. The predicted octanol–water partition coefficient (Wildman–Crippen LogP) is 1.18. The molecule has 5 nitrogen and oxygen atoms in total. The number of hydrogen-bond acceptors (Lipinski definition) is 3. The fourth-order valence-corrected chi connectivity index (χ4v) is 2.74. The molecule has 1 aromatic rings. The molecule has 1 amide bonds. The van der Waals surface area contributed by atoms with Crippen LogP contribution in [0.15, 0.2) is 12.3 Å². The zero-order valence-electron chi connectivity index (χ0n) is 11.5. The highest BCUT2D eigenvalue weighted by molar-refractivity contribution is 5.94. The number of aromatic nitrogens is 1. The molecule has 19 heavy (non-hydrogen) atoms. The second kappa shape index (κ2) is 4.89. The Bertz CT molecular complexity index is 478. The minimum atomic E-state index is 0.138. The molecule has 1 saturated carbocycles. The van der Waals surface area contributed by atoms with Gasteiger partial charge in [0.15, 0.2) is 0 Å². The Balaban J connectivity index is 1.79. The van der Waals surface area contributed by atoms with Crippen molar-refractivity contribution in [2.75, 3.05) is 39.0 Å². The molecular formula is C14H22N4O. The molecule has 0 unspecified atom stereocenters. The van der Waals surface area contributed by atoms with Crippen LogP contribution in [0.25, 0.3) is 0 Å². The van der Waals surface area contributed by atoms with Gasteiger partial charge in [0.05, 0.1) is 5.69 Å². The highest BCUT2D eigenvalue weighted by atomic mass is 16.2. The van der Waals surface area contributed by atoms with Crippen molar-refractivity contribution < 1.29 is 4.79 Å². The van der Waals surface area contributed by atoms with E-state index >= 15 is 0 Å². The molecule has 5 heteroatoms. The summed E-state index contributed by atoms with van der Waals surface area (Å²) in [4.78, 5) is 16.9. The van der Waals surface area contributed by atoms with Gasteiger partial charge in [0.25, 0.3) is 5.91 Å². The maximum atomic E-state index is 12.7. The Morgan fingerprint density at radius 1 is 1.26 bits per heavy atom. The SMILES string of the molecule is CN1CCCN(C(=O)c2cc(N)cn2C2CC2)CC1. The van der Waals surface area contributed by atoms with Crippen LogP contribution in [0.5, 0.6) is 0 Å². The number of rotatable bonds is 2. The largest absolute Gasteiger partial charge is 0.397 e. The smallest absolute Gasteiger partial charge is 0.270 e. The quantitative estimate of drug-likeness (QED) is 0.871. The Hall–Kier alpha value is -1.49. The summed E-state index contributed by atoms with van der Waals surface area (Å²) in [6, 6.07) is 2.32. The van der Waals surface area contributed by atoms with Gasteiger partial charge in [-0.15, -0.1) is 0 Å². The average molecular weight is 262 g/mol. The molecule has 2 aliphatic rings. The van der Waals surface area contributed by atoms with Crippen molar-refractivity contribution in [3.05, 3.63) is 18.0 Å². The molecule has 0 spiro atoms. The Morgan fingerprint density at radius 2 is 2.05 bits per heavy atom. The van der Waals surface area contributed by atoms with Crippen molar-refractivity contribution >= 4 is 11.6 Å². The second-order valence-electron chi connectivity index (χ2n) is 5.75. The maximum absolute atomic E-state index is 12.7. The van der Waals surface area contributed by atoms with Gasteiger partial charge in [-0.1, -0.05) is 0 Å². The van der Waals surface area contributed by atoms with E-state index in [-0.39, 0.29) is 5.91 Å². The van der Waals surface area contributed by atoms with Crippen molar-refractivity contribution in [2.45, 2.75) is 25.3 Å². The number of nitrogen functional groups attached to an aromatic ring is 1. The number of nitrogens with zero attached hydrogens (tertiary/aromatic N) is 3. The molecule has 1 aromatic heterocycles. The molecule has 0 radical (unpaired) electrons. The van der Waals surface area contributed by atoms with Gasteiger partial charge in [0.1, 0.15) is 5.69 Å². The molecular weight excluding hydrogens is 240 g/mol. The first kappa shape index (κ1) is 12.5. The first-order valence-electron chi connectivity index (χ1n) is 7.10. The zero-order valence-corrected chi connectivity index (χ0v) is 11.5. The van der Waals surface area contributed by atoms with Gasteiger partial charge < -0.3 is 20.1 Å². The van der Waals surface area contributed by atoms with Gasteiger partial charge in [0.2, 0.25) is 0 Å². The normalized spacial score (nSPS) is 21.4. The standard InChI is InChI=1S/C14H22N4O/c1-16-5-2-6-17(8-7-16)14(19)13-9-11(15)10-18(13)12-3-4-12/h9-10,12H,2-8,15H2,1H3. The molecule has 1 aliphatic heterocycles. The van der Waals surface area contributed by atoms with Crippen molar-refractivity contribution in [1.29, 1.82) is 0 Å². The predicted molar refractivity (Wildman–Crippen MR) is 75.1 cm³/mol. The van der Waals surface area contributed by atoms with Crippen LogP contribution in [0.4, 0.5) is 5.69 Å². The molecule has 0 bridgehead atoms. The molecule has 104 valence electrons. The van der Waals surface area contributed by atoms with Crippen molar-refractivity contribution in [1.82, 2.24) is 14.4 Å². The van der Waals surface area contributed by atoms with Crippen LogP contribution in [0, 0.1) is 0 Å². The molecule has 2 fully saturated rings. The first-order chi connectivity index (χ1) is 9.15. The van der Waals surface area contributed by atoms with E-state index in [2.05, 4.69) is 16.5 Å². The van der Waals surface area contributed by atoms with Crippen LogP contribution in [0.1, 0.15) is 35.8 Å². The summed E-state index contributed by atoms with van der Waals surface area (Å²) in [5.74, 6) is 0.138. The minimum absolute atomic E-state index is 0.138. The molecule has 0 aromatic carbocycles. The number of anilines is 1. The molecule has 3 rings (SSSR count). The van der Waals surface area contributed by atoms with Crippen LogP contribution in [-0.2, 0) is 0 Å². The number of likely N-dealkylation sites (N-methyl/N-ethyl adjacent to an activating group) is 1. The lowest BCUT2D eigenvalue weighted by molar-refractivity contribution is 0.0752. The van der Waals surface area contributed by atoms with E-state index in [1.807, 2.05) is 17.2 Å².